The topological polar surface area (TPSA) is 27.7 Å². The standard InChI is InChI=1S/C12H22O3/c1-4-5-6-9-11-10(8(2)7-14-11)12(13-3)15-9/h8-12H,4-7H2,1-3H3/t8-,9-,10+,11+,12+/m1/s1. The van der Waals surface area contributed by atoms with Crippen molar-refractivity contribution in [2.45, 2.75) is 51.6 Å². The summed E-state index contributed by atoms with van der Waals surface area (Å²) in [5, 5.41) is 0. The maximum Gasteiger partial charge on any atom is 0.163 e. The van der Waals surface area contributed by atoms with Crippen LogP contribution in [-0.4, -0.2) is 32.2 Å². The van der Waals surface area contributed by atoms with Crippen LogP contribution in [0.3, 0.4) is 0 Å². The van der Waals surface area contributed by atoms with Gasteiger partial charge in [-0.1, -0.05) is 26.7 Å². The van der Waals surface area contributed by atoms with E-state index in [1.165, 1.54) is 12.8 Å². The Balaban J connectivity index is 1.98. The molecule has 3 heteroatoms. The zero-order valence-corrected chi connectivity index (χ0v) is 9.94. The summed E-state index contributed by atoms with van der Waals surface area (Å²) in [6, 6.07) is 0. The van der Waals surface area contributed by atoms with Crippen molar-refractivity contribution in [3.63, 3.8) is 0 Å². The fourth-order valence-electron chi connectivity index (χ4n) is 2.78. The maximum atomic E-state index is 5.90. The SMILES string of the molecule is CCCC[C@H]1O[C@H](OC)[C@@H]2[C@H]1OC[C@H]2C. The van der Waals surface area contributed by atoms with Gasteiger partial charge in [-0.15, -0.1) is 0 Å². The van der Waals surface area contributed by atoms with Crippen LogP contribution >= 0.6 is 0 Å². The predicted octanol–water partition coefficient (Wildman–Crippen LogP) is 2.20. The first kappa shape index (κ1) is 11.4. The summed E-state index contributed by atoms with van der Waals surface area (Å²) in [4.78, 5) is 0. The van der Waals surface area contributed by atoms with E-state index >= 15 is 0 Å². The van der Waals surface area contributed by atoms with E-state index in [1.807, 2.05) is 0 Å². The molecule has 3 nitrogen and oxygen atoms in total. The Morgan fingerprint density at radius 3 is 2.87 bits per heavy atom. The van der Waals surface area contributed by atoms with Crippen molar-refractivity contribution in [1.82, 2.24) is 0 Å². The minimum atomic E-state index is -0.0469. The van der Waals surface area contributed by atoms with Gasteiger partial charge in [-0.05, 0) is 12.3 Å². The Labute approximate surface area is 92.1 Å². The van der Waals surface area contributed by atoms with E-state index in [0.29, 0.717) is 11.8 Å². The molecule has 2 aliphatic heterocycles. The lowest BCUT2D eigenvalue weighted by atomic mass is 9.90. The van der Waals surface area contributed by atoms with Gasteiger partial charge in [0.05, 0.1) is 18.8 Å². The first-order chi connectivity index (χ1) is 7.27. The Hall–Kier alpha value is -0.120. The maximum absolute atomic E-state index is 5.90. The summed E-state index contributed by atoms with van der Waals surface area (Å²) in [5.74, 6) is 1.00. The van der Waals surface area contributed by atoms with Crippen LogP contribution in [0.5, 0.6) is 0 Å². The summed E-state index contributed by atoms with van der Waals surface area (Å²) < 4.78 is 17.1. The van der Waals surface area contributed by atoms with E-state index in [4.69, 9.17) is 14.2 Å². The van der Waals surface area contributed by atoms with Gasteiger partial charge in [0.1, 0.15) is 0 Å². The summed E-state index contributed by atoms with van der Waals surface area (Å²) >= 11 is 0. The monoisotopic (exact) mass is 214 g/mol. The average Bonchev–Trinajstić information content (AvgIpc) is 2.77. The fraction of sp³-hybridized carbons (Fsp3) is 1.00. The van der Waals surface area contributed by atoms with E-state index in [-0.39, 0.29) is 18.5 Å². The molecule has 0 unspecified atom stereocenters. The summed E-state index contributed by atoms with van der Waals surface area (Å²) in [6.45, 7) is 5.29. The van der Waals surface area contributed by atoms with Gasteiger partial charge in [-0.3, -0.25) is 0 Å². The molecule has 0 aliphatic carbocycles. The van der Waals surface area contributed by atoms with E-state index in [2.05, 4.69) is 13.8 Å². The van der Waals surface area contributed by atoms with Crippen LogP contribution in [0.2, 0.25) is 0 Å². The molecule has 0 bridgehead atoms. The average molecular weight is 214 g/mol. The summed E-state index contributed by atoms with van der Waals surface area (Å²) in [6.07, 6.45) is 4.01. The molecular weight excluding hydrogens is 192 g/mol. The highest BCUT2D eigenvalue weighted by molar-refractivity contribution is 4.94. The number of hydrogen-bond donors (Lipinski definition) is 0. The van der Waals surface area contributed by atoms with Gasteiger partial charge in [0.15, 0.2) is 6.29 Å². The largest absolute Gasteiger partial charge is 0.375 e. The second kappa shape index (κ2) is 4.81. The Morgan fingerprint density at radius 1 is 1.40 bits per heavy atom. The Bertz CT molecular complexity index is 207. The molecule has 5 atom stereocenters. The van der Waals surface area contributed by atoms with E-state index in [0.717, 1.165) is 13.0 Å². The second-order valence-corrected chi connectivity index (χ2v) is 4.77. The molecule has 2 heterocycles. The second-order valence-electron chi connectivity index (χ2n) is 4.77. The third-order valence-electron chi connectivity index (χ3n) is 3.65. The first-order valence-electron chi connectivity index (χ1n) is 6.07. The van der Waals surface area contributed by atoms with Crippen LogP contribution in [0, 0.1) is 11.8 Å². The molecule has 0 radical (unpaired) electrons. The highest BCUT2D eigenvalue weighted by atomic mass is 16.7. The number of methoxy groups -OCH3 is 1. The highest BCUT2D eigenvalue weighted by Gasteiger charge is 2.51. The molecule has 0 aromatic carbocycles. The molecule has 2 fully saturated rings. The molecule has 2 rings (SSSR count). The Morgan fingerprint density at radius 2 is 2.20 bits per heavy atom. The molecule has 15 heavy (non-hydrogen) atoms. The zero-order chi connectivity index (χ0) is 10.8. The molecule has 2 saturated heterocycles. The van der Waals surface area contributed by atoms with E-state index in [9.17, 15) is 0 Å². The van der Waals surface area contributed by atoms with Gasteiger partial charge in [0, 0.05) is 13.0 Å². The summed E-state index contributed by atoms with van der Waals surface area (Å²) in [5.41, 5.74) is 0. The van der Waals surface area contributed by atoms with Crippen molar-refractivity contribution in [2.75, 3.05) is 13.7 Å². The van der Waals surface area contributed by atoms with Gasteiger partial charge in [0.25, 0.3) is 0 Å². The van der Waals surface area contributed by atoms with Crippen LogP contribution in [0.1, 0.15) is 33.1 Å². The number of fused-ring (bicyclic) bond motifs is 1. The van der Waals surface area contributed by atoms with Crippen LogP contribution in [-0.2, 0) is 14.2 Å². The molecular formula is C12H22O3. The third kappa shape index (κ3) is 2.05. The molecule has 88 valence electrons. The van der Waals surface area contributed by atoms with Crippen molar-refractivity contribution in [1.29, 1.82) is 0 Å². The highest BCUT2D eigenvalue weighted by Crippen LogP contribution is 2.41. The molecule has 0 N–H and O–H groups in total. The quantitative estimate of drug-likeness (QED) is 0.718. The van der Waals surface area contributed by atoms with Crippen molar-refractivity contribution in [3.8, 4) is 0 Å². The number of unbranched alkanes of at least 4 members (excludes halogenated alkanes) is 1. The van der Waals surface area contributed by atoms with Crippen LogP contribution < -0.4 is 0 Å². The smallest absolute Gasteiger partial charge is 0.163 e. The molecule has 0 aromatic heterocycles. The van der Waals surface area contributed by atoms with Crippen molar-refractivity contribution in [3.05, 3.63) is 0 Å². The lowest BCUT2D eigenvalue weighted by molar-refractivity contribution is -0.144. The molecule has 0 saturated carbocycles. The minimum Gasteiger partial charge on any atom is -0.375 e. The first-order valence-corrected chi connectivity index (χ1v) is 6.07. The third-order valence-corrected chi connectivity index (χ3v) is 3.65. The predicted molar refractivity (Wildman–Crippen MR) is 57.6 cm³/mol. The van der Waals surface area contributed by atoms with Gasteiger partial charge >= 0.3 is 0 Å². The molecule has 2 aliphatic rings. The van der Waals surface area contributed by atoms with Gasteiger partial charge < -0.3 is 14.2 Å². The Kier molecular flexibility index (Phi) is 3.65. The van der Waals surface area contributed by atoms with Crippen molar-refractivity contribution >= 4 is 0 Å². The van der Waals surface area contributed by atoms with Crippen molar-refractivity contribution < 1.29 is 14.2 Å². The van der Waals surface area contributed by atoms with Gasteiger partial charge in [-0.25, -0.2) is 0 Å². The van der Waals surface area contributed by atoms with Gasteiger partial charge in [0.2, 0.25) is 0 Å². The zero-order valence-electron chi connectivity index (χ0n) is 9.94. The number of rotatable bonds is 4. The van der Waals surface area contributed by atoms with E-state index < -0.39 is 0 Å². The van der Waals surface area contributed by atoms with Crippen LogP contribution in [0.25, 0.3) is 0 Å². The normalized spacial score (nSPS) is 44.6. The van der Waals surface area contributed by atoms with Gasteiger partial charge in [-0.2, -0.15) is 0 Å². The molecule has 0 amide bonds. The van der Waals surface area contributed by atoms with E-state index in [1.54, 1.807) is 7.11 Å². The minimum absolute atomic E-state index is 0.0469. The molecule has 0 aromatic rings. The van der Waals surface area contributed by atoms with Crippen LogP contribution in [0.15, 0.2) is 0 Å². The summed E-state index contributed by atoms with van der Waals surface area (Å²) in [7, 11) is 1.73. The molecule has 0 spiro atoms. The van der Waals surface area contributed by atoms with Crippen LogP contribution in [0.4, 0.5) is 0 Å². The lowest BCUT2D eigenvalue weighted by Gasteiger charge is -2.17. The number of ether oxygens (including phenoxy) is 3. The fourth-order valence-corrected chi connectivity index (χ4v) is 2.78. The number of hydrogen-bond acceptors (Lipinski definition) is 3. The lowest BCUT2D eigenvalue weighted by Crippen LogP contribution is -2.27. The van der Waals surface area contributed by atoms with Crippen molar-refractivity contribution in [2.24, 2.45) is 11.8 Å².